The fraction of sp³-hybridized carbons (Fsp3) is 0.400. The molecule has 0 aromatic heterocycles. The zero-order valence-electron chi connectivity index (χ0n) is 17.3. The maximum atomic E-state index is 8.91. The van der Waals surface area contributed by atoms with Gasteiger partial charge in [0.1, 0.15) is 11.5 Å². The standard InChI is InChI=1S/C12H17N2O2.C8H9N2O2/c1-12(2,3)8-6-9(14-13)11(16-5)7-10(8)15-4;1-11-6-3-4-7(10-9)8(5-6)12-2/h6-7H,1-5H3;3-5H,1-2H3/q2*+1. The number of diazo groups is 2. The van der Waals surface area contributed by atoms with E-state index >= 15 is 0 Å². The number of hydrogen-bond donors (Lipinski definition) is 0. The summed E-state index contributed by atoms with van der Waals surface area (Å²) in [5, 5.41) is 17.4. The molecular weight excluding hydrogens is 360 g/mol. The van der Waals surface area contributed by atoms with Crippen LogP contribution in [-0.2, 0) is 5.41 Å². The van der Waals surface area contributed by atoms with Crippen molar-refractivity contribution in [1.82, 2.24) is 0 Å². The van der Waals surface area contributed by atoms with Crippen molar-refractivity contribution < 1.29 is 18.9 Å². The molecule has 0 radical (unpaired) electrons. The van der Waals surface area contributed by atoms with Crippen LogP contribution in [0.25, 0.3) is 9.95 Å². The molecule has 0 aliphatic rings. The Hall–Kier alpha value is -3.52. The molecule has 2 aromatic carbocycles. The van der Waals surface area contributed by atoms with Crippen molar-refractivity contribution in [2.75, 3.05) is 28.4 Å². The summed E-state index contributed by atoms with van der Waals surface area (Å²) in [6.45, 7) is 6.20. The summed E-state index contributed by atoms with van der Waals surface area (Å²) in [5.74, 6) is 2.38. The molecule has 8 heteroatoms. The van der Waals surface area contributed by atoms with E-state index in [1.807, 2.05) is 0 Å². The Morgan fingerprint density at radius 3 is 1.64 bits per heavy atom. The second kappa shape index (κ2) is 9.98. The Morgan fingerprint density at radius 2 is 1.21 bits per heavy atom. The van der Waals surface area contributed by atoms with Crippen molar-refractivity contribution in [3.63, 3.8) is 0 Å². The Bertz CT molecular complexity index is 893. The van der Waals surface area contributed by atoms with Gasteiger partial charge in [0, 0.05) is 29.8 Å². The maximum absolute atomic E-state index is 8.91. The van der Waals surface area contributed by atoms with E-state index in [1.165, 1.54) is 14.2 Å². The summed E-state index contributed by atoms with van der Waals surface area (Å²) in [5.41, 5.74) is 1.69. The molecule has 0 saturated heterocycles. The molecule has 2 aromatic rings. The highest BCUT2D eigenvalue weighted by Gasteiger charge is 2.26. The monoisotopic (exact) mass is 386 g/mol. The molecule has 0 atom stereocenters. The molecule has 0 spiro atoms. The van der Waals surface area contributed by atoms with Crippen LogP contribution in [-0.4, -0.2) is 28.4 Å². The molecule has 148 valence electrons. The molecule has 0 fully saturated rings. The van der Waals surface area contributed by atoms with Crippen LogP contribution >= 0.6 is 0 Å². The van der Waals surface area contributed by atoms with Crippen molar-refractivity contribution in [1.29, 1.82) is 10.8 Å². The quantitative estimate of drug-likeness (QED) is 0.628. The summed E-state index contributed by atoms with van der Waals surface area (Å²) in [6, 6.07) is 8.46. The second-order valence-corrected chi connectivity index (χ2v) is 6.71. The molecule has 0 bridgehead atoms. The first-order chi connectivity index (χ1) is 13.2. The summed E-state index contributed by atoms with van der Waals surface area (Å²) < 4.78 is 20.3. The Balaban J connectivity index is 0.000000292. The number of rotatable bonds is 4. The fourth-order valence-corrected chi connectivity index (χ4v) is 2.41. The molecule has 0 aliphatic carbocycles. The molecule has 0 unspecified atom stereocenters. The van der Waals surface area contributed by atoms with Gasteiger partial charge in [-0.3, -0.25) is 0 Å². The fourth-order valence-electron chi connectivity index (χ4n) is 2.41. The van der Waals surface area contributed by atoms with Crippen LogP contribution in [0.2, 0.25) is 0 Å². The van der Waals surface area contributed by atoms with E-state index in [2.05, 4.69) is 30.7 Å². The molecule has 0 N–H and O–H groups in total. The first-order valence-corrected chi connectivity index (χ1v) is 8.44. The maximum Gasteiger partial charge on any atom is 0.426 e. The van der Waals surface area contributed by atoms with Gasteiger partial charge in [-0.15, -0.1) is 0 Å². The SMILES string of the molecule is COc1cc(OC)c(C(C)(C)C)cc1[N+]#N.COc1ccc([N+]#N)c(OC)c1. The predicted molar refractivity (Wildman–Crippen MR) is 107 cm³/mol. The number of nitrogens with zero attached hydrogens (tertiary/aromatic N) is 4. The van der Waals surface area contributed by atoms with Crippen LogP contribution in [0.5, 0.6) is 23.0 Å². The minimum Gasteiger partial charge on any atom is -0.497 e. The van der Waals surface area contributed by atoms with E-state index in [-0.39, 0.29) is 5.41 Å². The average Bonchev–Trinajstić information content (AvgIpc) is 2.71. The Kier molecular flexibility index (Phi) is 8.03. The lowest BCUT2D eigenvalue weighted by Crippen LogP contribution is -2.12. The van der Waals surface area contributed by atoms with Gasteiger partial charge in [-0.05, 0) is 11.5 Å². The summed E-state index contributed by atoms with van der Waals surface area (Å²) >= 11 is 0. The first-order valence-electron chi connectivity index (χ1n) is 8.44. The van der Waals surface area contributed by atoms with Crippen LogP contribution < -0.4 is 18.9 Å². The normalized spacial score (nSPS) is 9.89. The third-order valence-electron chi connectivity index (χ3n) is 3.91. The average molecular weight is 386 g/mol. The van der Waals surface area contributed by atoms with Crippen LogP contribution in [0.1, 0.15) is 26.3 Å². The lowest BCUT2D eigenvalue weighted by molar-refractivity contribution is 0.384. The van der Waals surface area contributed by atoms with Gasteiger partial charge < -0.3 is 18.9 Å². The minimum atomic E-state index is -0.0863. The predicted octanol–water partition coefficient (Wildman–Crippen LogP) is 5.67. The summed E-state index contributed by atoms with van der Waals surface area (Å²) in [6.07, 6.45) is 0. The number of ether oxygens (including phenoxy) is 4. The highest BCUT2D eigenvalue weighted by molar-refractivity contribution is 5.63. The van der Waals surface area contributed by atoms with Crippen molar-refractivity contribution >= 4 is 11.4 Å². The molecule has 0 heterocycles. The molecule has 0 aliphatic heterocycles. The van der Waals surface area contributed by atoms with Gasteiger partial charge in [0.25, 0.3) is 0 Å². The van der Waals surface area contributed by atoms with Crippen molar-refractivity contribution in [3.8, 4) is 23.0 Å². The number of methoxy groups -OCH3 is 4. The van der Waals surface area contributed by atoms with Gasteiger partial charge in [0.15, 0.2) is 9.95 Å². The Labute approximate surface area is 165 Å². The molecule has 8 nitrogen and oxygen atoms in total. The smallest absolute Gasteiger partial charge is 0.426 e. The minimum absolute atomic E-state index is 0.0863. The number of hydrogen-bond acceptors (Lipinski definition) is 6. The lowest BCUT2D eigenvalue weighted by Gasteiger charge is -2.21. The molecular formula is C20H26N4O4+2. The highest BCUT2D eigenvalue weighted by atomic mass is 16.5. The van der Waals surface area contributed by atoms with Crippen molar-refractivity contribution in [2.24, 2.45) is 0 Å². The molecule has 0 saturated carbocycles. The zero-order chi connectivity index (χ0) is 21.3. The van der Waals surface area contributed by atoms with E-state index in [0.717, 1.165) is 11.3 Å². The molecule has 0 amide bonds. The van der Waals surface area contributed by atoms with Crippen LogP contribution in [0.15, 0.2) is 30.3 Å². The first kappa shape index (κ1) is 22.5. The van der Waals surface area contributed by atoms with E-state index in [1.54, 1.807) is 44.6 Å². The van der Waals surface area contributed by atoms with Crippen LogP contribution in [0, 0.1) is 10.8 Å². The number of benzene rings is 2. The van der Waals surface area contributed by atoms with Gasteiger partial charge in [-0.1, -0.05) is 20.8 Å². The van der Waals surface area contributed by atoms with Gasteiger partial charge in [0.05, 0.1) is 28.4 Å². The molecule has 2 rings (SSSR count). The van der Waals surface area contributed by atoms with Crippen molar-refractivity contribution in [2.45, 2.75) is 26.2 Å². The van der Waals surface area contributed by atoms with E-state index in [4.69, 9.17) is 29.7 Å². The largest absolute Gasteiger partial charge is 0.497 e. The van der Waals surface area contributed by atoms with Gasteiger partial charge >= 0.3 is 11.4 Å². The van der Waals surface area contributed by atoms with Gasteiger partial charge in [-0.2, -0.15) is 0 Å². The van der Waals surface area contributed by atoms with E-state index in [0.29, 0.717) is 28.6 Å². The molecule has 28 heavy (non-hydrogen) atoms. The summed E-state index contributed by atoms with van der Waals surface area (Å²) in [4.78, 5) is 6.25. The lowest BCUT2D eigenvalue weighted by atomic mass is 9.86. The van der Waals surface area contributed by atoms with Gasteiger partial charge in [0.2, 0.25) is 22.3 Å². The Morgan fingerprint density at radius 1 is 0.679 bits per heavy atom. The van der Waals surface area contributed by atoms with Crippen LogP contribution in [0.4, 0.5) is 11.4 Å². The third-order valence-corrected chi connectivity index (χ3v) is 3.91. The van der Waals surface area contributed by atoms with E-state index < -0.39 is 0 Å². The van der Waals surface area contributed by atoms with Gasteiger partial charge in [-0.25, -0.2) is 0 Å². The second-order valence-electron chi connectivity index (χ2n) is 6.71. The highest BCUT2D eigenvalue weighted by Crippen LogP contribution is 2.40. The third kappa shape index (κ3) is 5.49. The van der Waals surface area contributed by atoms with Crippen LogP contribution in [0.3, 0.4) is 0 Å². The van der Waals surface area contributed by atoms with Crippen molar-refractivity contribution in [3.05, 3.63) is 45.8 Å². The topological polar surface area (TPSA) is 93.2 Å². The summed E-state index contributed by atoms with van der Waals surface area (Å²) in [7, 11) is 6.20. The zero-order valence-corrected chi connectivity index (χ0v) is 17.3. The van der Waals surface area contributed by atoms with E-state index in [9.17, 15) is 0 Å².